The first-order valence-electron chi connectivity index (χ1n) is 8.22. The minimum atomic E-state index is -0.250. The molecule has 2 rings (SSSR count). The molecule has 0 radical (unpaired) electrons. The molecule has 1 amide bonds. The van der Waals surface area contributed by atoms with Crippen LogP contribution in [0, 0.1) is 4.91 Å². The van der Waals surface area contributed by atoms with Gasteiger partial charge in [0.2, 0.25) is 0 Å². The smallest absolute Gasteiger partial charge is 0.410 e. The summed E-state index contributed by atoms with van der Waals surface area (Å²) in [5.41, 5.74) is 2.20. The highest BCUT2D eigenvalue weighted by atomic mass is 16.6. The van der Waals surface area contributed by atoms with Crippen LogP contribution in [0.3, 0.4) is 0 Å². The van der Waals surface area contributed by atoms with Crippen LogP contribution in [0.4, 0.5) is 4.79 Å². The summed E-state index contributed by atoms with van der Waals surface area (Å²) in [6.45, 7) is 10.5. The lowest BCUT2D eigenvalue weighted by molar-refractivity contribution is -0.122. The first-order chi connectivity index (χ1) is 12.3. The predicted octanol–water partition coefficient (Wildman–Crippen LogP) is 4.47. The van der Waals surface area contributed by atoms with E-state index in [2.05, 4.69) is 18.7 Å². The van der Waals surface area contributed by atoms with E-state index in [0.29, 0.717) is 12.6 Å². The Labute approximate surface area is 155 Å². The Hall–Kier alpha value is -2.70. The van der Waals surface area contributed by atoms with Crippen LogP contribution < -0.4 is 0 Å². The van der Waals surface area contributed by atoms with Crippen LogP contribution in [0.1, 0.15) is 39.2 Å². The maximum absolute atomic E-state index is 11.7. The van der Waals surface area contributed by atoms with Gasteiger partial charge in [-0.05, 0) is 39.2 Å². The molecule has 0 aliphatic carbocycles. The van der Waals surface area contributed by atoms with E-state index < -0.39 is 0 Å². The van der Waals surface area contributed by atoms with Crippen LogP contribution in [0.15, 0.2) is 47.7 Å². The standard InChI is InChI=1S/C13H17NO2.C4H8.CH3NO.CH2O2/c1-11-6-5-9-14(11)13(15)16-10-12-7-3-2-4-8-12;1-4(2)3;1-2-3;2-1-3/h2-4,7-8,11H,5-6,9-10H2,1H3;1H2,2-3H3;1H3;1H,(H,2,3). The second-order valence-corrected chi connectivity index (χ2v) is 5.72. The number of allylic oxidation sites excluding steroid dienone is 1. The third-order valence-electron chi connectivity index (χ3n) is 2.99. The third kappa shape index (κ3) is 14.9. The SMILES string of the molecule is C=C(C)C.CC1CCCN1C(=O)OCc1ccccc1.CN=O.O=CO. The van der Waals surface area contributed by atoms with Gasteiger partial charge < -0.3 is 14.7 Å². The summed E-state index contributed by atoms with van der Waals surface area (Å²) in [5, 5.41) is 9.14. The summed E-state index contributed by atoms with van der Waals surface area (Å²) in [6, 6.07) is 10.1. The average Bonchev–Trinajstić information content (AvgIpc) is 3.01. The van der Waals surface area contributed by atoms with Crippen LogP contribution in [0.2, 0.25) is 0 Å². The van der Waals surface area contributed by atoms with Crippen molar-refractivity contribution in [1.29, 1.82) is 0 Å². The molecule has 0 aromatic heterocycles. The molecule has 1 aliphatic heterocycles. The van der Waals surface area contributed by atoms with Gasteiger partial charge >= 0.3 is 6.09 Å². The number of carbonyl (C=O) groups excluding carboxylic acids is 1. The molecule has 1 aromatic rings. The number of amides is 1. The molecule has 0 spiro atoms. The van der Waals surface area contributed by atoms with Crippen molar-refractivity contribution < 1.29 is 19.4 Å². The number of hydrogen-bond acceptors (Lipinski definition) is 5. The quantitative estimate of drug-likeness (QED) is 0.473. The first-order valence-corrected chi connectivity index (χ1v) is 8.22. The van der Waals surface area contributed by atoms with E-state index in [0.717, 1.165) is 24.9 Å². The molecule has 1 saturated heterocycles. The fourth-order valence-electron chi connectivity index (χ4n) is 2.01. The Morgan fingerprint density at radius 3 is 2.23 bits per heavy atom. The minimum absolute atomic E-state index is 0.186. The fourth-order valence-corrected chi connectivity index (χ4v) is 2.01. The lowest BCUT2D eigenvalue weighted by Crippen LogP contribution is -2.33. The van der Waals surface area contributed by atoms with E-state index in [1.807, 2.05) is 49.1 Å². The maximum Gasteiger partial charge on any atom is 0.410 e. The number of rotatable bonds is 2. The maximum atomic E-state index is 11.7. The van der Waals surface area contributed by atoms with Gasteiger partial charge in [0.25, 0.3) is 6.47 Å². The number of likely N-dealkylation sites (tertiary alicyclic amines) is 1. The van der Waals surface area contributed by atoms with Gasteiger partial charge in [-0.2, -0.15) is 4.91 Å². The van der Waals surface area contributed by atoms with Crippen LogP contribution in [-0.2, 0) is 16.1 Å². The molecule has 0 saturated carbocycles. The second kappa shape index (κ2) is 17.1. The number of nitroso groups, excluding NO2 is 1. The van der Waals surface area contributed by atoms with Gasteiger partial charge in [0.1, 0.15) is 6.61 Å². The largest absolute Gasteiger partial charge is 0.483 e. The van der Waals surface area contributed by atoms with Gasteiger partial charge in [0.15, 0.2) is 0 Å². The van der Waals surface area contributed by atoms with E-state index in [-0.39, 0.29) is 12.6 Å². The molecule has 1 unspecified atom stereocenters. The fraction of sp³-hybridized carbons (Fsp3) is 0.474. The molecule has 26 heavy (non-hydrogen) atoms. The lowest BCUT2D eigenvalue weighted by atomic mass is 10.2. The Kier molecular flexibility index (Phi) is 16.8. The van der Waals surface area contributed by atoms with Crippen molar-refractivity contribution in [3.63, 3.8) is 0 Å². The Bertz CT molecular complexity index is 510. The number of benzene rings is 1. The average molecular weight is 366 g/mol. The predicted molar refractivity (Wildman–Crippen MR) is 103 cm³/mol. The zero-order valence-corrected chi connectivity index (χ0v) is 16.1. The van der Waals surface area contributed by atoms with E-state index in [1.54, 1.807) is 0 Å². The molecule has 1 heterocycles. The summed E-state index contributed by atoms with van der Waals surface area (Å²) in [5.74, 6) is 0. The number of ether oxygens (including phenoxy) is 1. The highest BCUT2D eigenvalue weighted by Crippen LogP contribution is 2.17. The van der Waals surface area contributed by atoms with E-state index in [4.69, 9.17) is 19.5 Å². The summed E-state index contributed by atoms with van der Waals surface area (Å²) in [6.07, 6.45) is 1.98. The summed E-state index contributed by atoms with van der Waals surface area (Å²) in [4.78, 5) is 30.5. The van der Waals surface area contributed by atoms with Crippen molar-refractivity contribution in [1.82, 2.24) is 4.90 Å². The van der Waals surface area contributed by atoms with Crippen molar-refractivity contribution in [2.45, 2.75) is 46.3 Å². The molecule has 1 atom stereocenters. The Morgan fingerprint density at radius 2 is 1.85 bits per heavy atom. The molecule has 146 valence electrons. The van der Waals surface area contributed by atoms with Gasteiger partial charge in [-0.3, -0.25) is 4.79 Å². The Balaban J connectivity index is 0. The molecular formula is C19H30N2O5. The lowest BCUT2D eigenvalue weighted by Gasteiger charge is -2.20. The molecule has 0 bridgehead atoms. The van der Waals surface area contributed by atoms with Gasteiger partial charge in [0.05, 0.1) is 7.05 Å². The molecule has 1 fully saturated rings. The zero-order valence-electron chi connectivity index (χ0n) is 16.1. The van der Waals surface area contributed by atoms with Gasteiger partial charge in [-0.25, -0.2) is 4.79 Å². The monoisotopic (exact) mass is 366 g/mol. The summed E-state index contributed by atoms with van der Waals surface area (Å²) >= 11 is 0. The topological polar surface area (TPSA) is 96.3 Å². The minimum Gasteiger partial charge on any atom is -0.483 e. The first kappa shape index (κ1) is 25.5. The molecule has 1 N–H and O–H groups in total. The van der Waals surface area contributed by atoms with Crippen molar-refractivity contribution in [2.24, 2.45) is 5.18 Å². The number of carboxylic acid groups (broad SMARTS) is 1. The van der Waals surface area contributed by atoms with Crippen molar-refractivity contribution in [2.75, 3.05) is 13.6 Å². The molecule has 1 aromatic carbocycles. The summed E-state index contributed by atoms with van der Waals surface area (Å²) < 4.78 is 5.27. The van der Waals surface area contributed by atoms with Crippen LogP contribution in [-0.4, -0.2) is 42.2 Å². The van der Waals surface area contributed by atoms with E-state index in [1.165, 1.54) is 12.6 Å². The second-order valence-electron chi connectivity index (χ2n) is 5.72. The molecule has 7 nitrogen and oxygen atoms in total. The zero-order chi connectivity index (χ0) is 20.4. The molecular weight excluding hydrogens is 336 g/mol. The molecule has 1 aliphatic rings. The third-order valence-corrected chi connectivity index (χ3v) is 2.99. The van der Waals surface area contributed by atoms with Crippen molar-refractivity contribution in [3.8, 4) is 0 Å². The van der Waals surface area contributed by atoms with Gasteiger partial charge in [-0.1, -0.05) is 41.1 Å². The van der Waals surface area contributed by atoms with Gasteiger partial charge in [0, 0.05) is 12.6 Å². The number of nitrogens with zero attached hydrogens (tertiary/aromatic N) is 2. The van der Waals surface area contributed by atoms with Crippen molar-refractivity contribution in [3.05, 3.63) is 53.0 Å². The van der Waals surface area contributed by atoms with Crippen LogP contribution >= 0.6 is 0 Å². The van der Waals surface area contributed by atoms with E-state index >= 15 is 0 Å². The Morgan fingerprint density at radius 1 is 1.38 bits per heavy atom. The number of carbonyl (C=O) groups is 2. The highest BCUT2D eigenvalue weighted by Gasteiger charge is 2.25. The summed E-state index contributed by atoms with van der Waals surface area (Å²) in [7, 11) is 1.19. The van der Waals surface area contributed by atoms with Crippen molar-refractivity contribution >= 4 is 12.6 Å². The van der Waals surface area contributed by atoms with E-state index in [9.17, 15) is 4.79 Å². The number of hydrogen-bond donors (Lipinski definition) is 1. The molecule has 7 heteroatoms. The van der Waals surface area contributed by atoms with Crippen LogP contribution in [0.5, 0.6) is 0 Å². The highest BCUT2D eigenvalue weighted by molar-refractivity contribution is 5.68. The normalized spacial score (nSPS) is 14.2. The van der Waals surface area contributed by atoms with Gasteiger partial charge in [-0.15, -0.1) is 6.58 Å². The van der Waals surface area contributed by atoms with Crippen LogP contribution in [0.25, 0.3) is 0 Å².